The fourth-order valence-corrected chi connectivity index (χ4v) is 4.47. The summed E-state index contributed by atoms with van der Waals surface area (Å²) in [5.74, 6) is -3.84. The van der Waals surface area contributed by atoms with Crippen LogP contribution in [0.5, 0.6) is 0 Å². The average Bonchev–Trinajstić information content (AvgIpc) is 3.53. The van der Waals surface area contributed by atoms with Gasteiger partial charge in [0.15, 0.2) is 23.3 Å². The van der Waals surface area contributed by atoms with E-state index in [0.717, 1.165) is 22.3 Å². The van der Waals surface area contributed by atoms with Crippen molar-refractivity contribution in [2.75, 3.05) is 6.61 Å². The van der Waals surface area contributed by atoms with E-state index in [1.807, 2.05) is 24.3 Å². The van der Waals surface area contributed by atoms with Gasteiger partial charge in [-0.25, -0.2) is 27.5 Å². The van der Waals surface area contributed by atoms with Crippen molar-refractivity contribution in [1.29, 1.82) is 0 Å². The molecule has 1 aliphatic rings. The van der Waals surface area contributed by atoms with Crippen LogP contribution in [0.2, 0.25) is 0 Å². The number of aliphatic hydroxyl groups excluding tert-OH is 2. The number of hydrogen-bond acceptors (Lipinski definition) is 7. The van der Waals surface area contributed by atoms with Crippen LogP contribution in [0.4, 0.5) is 13.2 Å². The number of hydrogen-bond donors (Lipinski definition) is 2. The Kier molecular flexibility index (Phi) is 6.40. The van der Waals surface area contributed by atoms with Crippen molar-refractivity contribution in [3.05, 3.63) is 76.7 Å². The fourth-order valence-electron chi connectivity index (χ4n) is 4.09. The predicted octanol–water partition coefficient (Wildman–Crippen LogP) is 3.13. The van der Waals surface area contributed by atoms with Crippen LogP contribution in [-0.4, -0.2) is 58.8 Å². The molecule has 182 valence electrons. The minimum atomic E-state index is -1.58. The molecular weight excluding hydrogens is 533 g/mol. The maximum absolute atomic E-state index is 13.7. The Morgan fingerprint density at radius 1 is 1.14 bits per heavy atom. The standard InChI is InChI=1S/C22H18BrF3N6O3/c23-12-2-1-3-13(6-12)32-22(27-10-28-32)18-7-17(21(34)19(9-33)35-18)31-8-16(29-30-31)11-4-14(24)20(26)15(25)5-11/h1-6,8,10,17-19,21,33-34H,7,9H2. The van der Waals surface area contributed by atoms with Gasteiger partial charge in [0.1, 0.15) is 30.3 Å². The minimum Gasteiger partial charge on any atom is -0.394 e. The molecule has 4 unspecified atom stereocenters. The molecule has 1 aliphatic heterocycles. The van der Waals surface area contributed by atoms with Crippen LogP contribution in [0.15, 0.2) is 53.4 Å². The molecule has 4 atom stereocenters. The van der Waals surface area contributed by atoms with Crippen LogP contribution >= 0.6 is 15.9 Å². The molecule has 2 N–H and O–H groups in total. The zero-order valence-electron chi connectivity index (χ0n) is 17.8. The van der Waals surface area contributed by atoms with Crippen molar-refractivity contribution in [3.8, 4) is 16.9 Å². The lowest BCUT2D eigenvalue weighted by Gasteiger charge is -2.38. The molecule has 13 heteroatoms. The van der Waals surface area contributed by atoms with E-state index in [1.54, 1.807) is 4.68 Å². The Balaban J connectivity index is 1.47. The monoisotopic (exact) mass is 550 g/mol. The molecule has 0 aliphatic carbocycles. The number of aromatic nitrogens is 6. The maximum Gasteiger partial charge on any atom is 0.194 e. The Morgan fingerprint density at radius 2 is 1.91 bits per heavy atom. The summed E-state index contributed by atoms with van der Waals surface area (Å²) in [4.78, 5) is 4.33. The Labute approximate surface area is 204 Å². The lowest BCUT2D eigenvalue weighted by Crippen LogP contribution is -2.45. The Hall–Kier alpha value is -3.13. The molecule has 9 nitrogen and oxygen atoms in total. The molecule has 0 radical (unpaired) electrons. The number of rotatable bonds is 5. The molecule has 2 aromatic heterocycles. The van der Waals surface area contributed by atoms with Crippen molar-refractivity contribution in [1.82, 2.24) is 29.8 Å². The third kappa shape index (κ3) is 4.47. The number of nitrogens with zero attached hydrogens (tertiary/aromatic N) is 6. The van der Waals surface area contributed by atoms with E-state index in [0.29, 0.717) is 5.82 Å². The minimum absolute atomic E-state index is 0.0149. The molecule has 1 fully saturated rings. The van der Waals surface area contributed by atoms with Gasteiger partial charge in [-0.05, 0) is 30.3 Å². The first-order valence-corrected chi connectivity index (χ1v) is 11.3. The van der Waals surface area contributed by atoms with Crippen molar-refractivity contribution in [3.63, 3.8) is 0 Å². The van der Waals surface area contributed by atoms with E-state index in [1.165, 1.54) is 17.2 Å². The van der Waals surface area contributed by atoms with Crippen molar-refractivity contribution in [2.45, 2.75) is 30.8 Å². The second-order valence-electron chi connectivity index (χ2n) is 7.99. The van der Waals surface area contributed by atoms with Gasteiger partial charge in [-0.1, -0.05) is 27.2 Å². The van der Waals surface area contributed by atoms with Gasteiger partial charge in [0.25, 0.3) is 0 Å². The van der Waals surface area contributed by atoms with Gasteiger partial charge in [0.2, 0.25) is 0 Å². The first-order valence-electron chi connectivity index (χ1n) is 10.5. The number of benzene rings is 2. The van der Waals surface area contributed by atoms with Crippen LogP contribution in [0, 0.1) is 17.5 Å². The smallest absolute Gasteiger partial charge is 0.194 e. The SMILES string of the molecule is OCC1OC(c2ncnn2-c2cccc(Br)c2)CC(n2cc(-c3cc(F)c(F)c(F)c3)nn2)C1O. The summed E-state index contributed by atoms with van der Waals surface area (Å²) in [7, 11) is 0. The van der Waals surface area contributed by atoms with Gasteiger partial charge in [0.05, 0.1) is 24.5 Å². The number of halogens is 4. The number of aliphatic hydroxyl groups is 2. The van der Waals surface area contributed by atoms with E-state index < -0.39 is 48.4 Å². The average molecular weight is 551 g/mol. The molecule has 3 heterocycles. The fraction of sp³-hybridized carbons (Fsp3) is 0.273. The highest BCUT2D eigenvalue weighted by molar-refractivity contribution is 9.10. The highest BCUT2D eigenvalue weighted by Crippen LogP contribution is 2.38. The Bertz CT molecular complexity index is 1340. The Morgan fingerprint density at radius 3 is 2.63 bits per heavy atom. The van der Waals surface area contributed by atoms with Crippen LogP contribution in [-0.2, 0) is 4.74 Å². The molecule has 0 amide bonds. The summed E-state index contributed by atoms with van der Waals surface area (Å²) in [6.07, 6.45) is 0.110. The van der Waals surface area contributed by atoms with Crippen molar-refractivity contribution in [2.24, 2.45) is 0 Å². The van der Waals surface area contributed by atoms with E-state index in [-0.39, 0.29) is 17.7 Å². The lowest BCUT2D eigenvalue weighted by molar-refractivity contribution is -0.161. The molecule has 35 heavy (non-hydrogen) atoms. The maximum atomic E-state index is 13.7. The van der Waals surface area contributed by atoms with E-state index in [4.69, 9.17) is 4.74 Å². The molecular formula is C22H18BrF3N6O3. The highest BCUT2D eigenvalue weighted by Gasteiger charge is 2.41. The first kappa shape index (κ1) is 23.6. The third-order valence-electron chi connectivity index (χ3n) is 5.79. The van der Waals surface area contributed by atoms with Crippen molar-refractivity contribution < 1.29 is 28.1 Å². The van der Waals surface area contributed by atoms with E-state index in [9.17, 15) is 23.4 Å². The molecule has 0 spiro atoms. The van der Waals surface area contributed by atoms with Crippen LogP contribution < -0.4 is 0 Å². The van der Waals surface area contributed by atoms with Crippen LogP contribution in [0.25, 0.3) is 16.9 Å². The summed E-state index contributed by atoms with van der Waals surface area (Å²) in [6, 6.07) is 8.29. The largest absolute Gasteiger partial charge is 0.394 e. The molecule has 0 saturated carbocycles. The quantitative estimate of drug-likeness (QED) is 0.367. The van der Waals surface area contributed by atoms with Gasteiger partial charge < -0.3 is 14.9 Å². The normalized spacial score (nSPS) is 22.5. The van der Waals surface area contributed by atoms with Crippen LogP contribution in [0.1, 0.15) is 24.4 Å². The summed E-state index contributed by atoms with van der Waals surface area (Å²) in [5.41, 5.74) is 0.789. The molecule has 1 saturated heterocycles. The van der Waals surface area contributed by atoms with Gasteiger partial charge >= 0.3 is 0 Å². The highest BCUT2D eigenvalue weighted by atomic mass is 79.9. The first-order chi connectivity index (χ1) is 16.9. The third-order valence-corrected chi connectivity index (χ3v) is 6.29. The van der Waals surface area contributed by atoms with Gasteiger partial charge in [-0.15, -0.1) is 5.10 Å². The lowest BCUT2D eigenvalue weighted by atomic mass is 9.95. The van der Waals surface area contributed by atoms with Gasteiger partial charge in [-0.3, -0.25) is 0 Å². The summed E-state index contributed by atoms with van der Waals surface area (Å²) in [6.45, 7) is -0.477. The molecule has 4 aromatic rings. The zero-order chi connectivity index (χ0) is 24.7. The molecule has 2 aromatic carbocycles. The summed E-state index contributed by atoms with van der Waals surface area (Å²) in [5, 5.41) is 32.9. The second-order valence-corrected chi connectivity index (χ2v) is 8.90. The van der Waals surface area contributed by atoms with Gasteiger partial charge in [-0.2, -0.15) is 5.10 Å². The summed E-state index contributed by atoms with van der Waals surface area (Å²) >= 11 is 3.43. The van der Waals surface area contributed by atoms with Crippen LogP contribution in [0.3, 0.4) is 0 Å². The zero-order valence-corrected chi connectivity index (χ0v) is 19.4. The number of ether oxygens (including phenoxy) is 1. The topological polar surface area (TPSA) is 111 Å². The summed E-state index contributed by atoms with van der Waals surface area (Å²) < 4.78 is 50.4. The molecule has 5 rings (SSSR count). The predicted molar refractivity (Wildman–Crippen MR) is 119 cm³/mol. The van der Waals surface area contributed by atoms with Gasteiger partial charge in [0, 0.05) is 16.5 Å². The van der Waals surface area contributed by atoms with E-state index in [2.05, 4.69) is 36.3 Å². The second kappa shape index (κ2) is 9.49. The van der Waals surface area contributed by atoms with Crippen molar-refractivity contribution >= 4 is 15.9 Å². The van der Waals surface area contributed by atoms with E-state index >= 15 is 0 Å². The molecule has 0 bridgehead atoms.